The van der Waals surface area contributed by atoms with Gasteiger partial charge in [-0.05, 0) is 41.8 Å². The summed E-state index contributed by atoms with van der Waals surface area (Å²) in [6, 6.07) is 11.4. The van der Waals surface area contributed by atoms with E-state index in [9.17, 15) is 12.8 Å². The van der Waals surface area contributed by atoms with E-state index in [1.54, 1.807) is 30.3 Å². The second-order valence-corrected chi connectivity index (χ2v) is 11.6. The summed E-state index contributed by atoms with van der Waals surface area (Å²) in [5, 5.41) is 7.29. The van der Waals surface area contributed by atoms with Crippen LogP contribution in [-0.4, -0.2) is 50.6 Å². The van der Waals surface area contributed by atoms with Crippen LogP contribution in [0, 0.1) is 11.6 Å². The Bertz CT molecular complexity index is 2000. The molecular weight excluding hydrogens is 524 g/mol. The number of hydrogen-bond acceptors (Lipinski definition) is 7. The molecule has 0 aliphatic heterocycles. The zero-order valence-corrected chi connectivity index (χ0v) is 21.4. The number of pyridine rings is 2. The summed E-state index contributed by atoms with van der Waals surface area (Å²) in [4.78, 5) is 16.1. The molecule has 12 heteroatoms. The van der Waals surface area contributed by atoms with E-state index in [0.29, 0.717) is 50.3 Å². The van der Waals surface area contributed by atoms with Crippen molar-refractivity contribution in [2.75, 3.05) is 17.7 Å². The predicted molar refractivity (Wildman–Crippen MR) is 145 cm³/mol. The molecule has 2 aromatic carbocycles. The predicted octanol–water partition coefficient (Wildman–Crippen LogP) is 4.68. The highest BCUT2D eigenvalue weighted by Gasteiger charge is 2.21. The van der Waals surface area contributed by atoms with Gasteiger partial charge < -0.3 is 10.7 Å². The number of sulfone groups is 1. The smallest absolute Gasteiger partial charge is 0.161 e. The second-order valence-electron chi connectivity index (χ2n) is 9.30. The van der Waals surface area contributed by atoms with Crippen molar-refractivity contribution >= 4 is 37.5 Å². The van der Waals surface area contributed by atoms with Crippen LogP contribution in [0.5, 0.6) is 0 Å². The first-order valence-corrected chi connectivity index (χ1v) is 13.9. The van der Waals surface area contributed by atoms with Crippen molar-refractivity contribution in [2.24, 2.45) is 0 Å². The number of nitrogens with zero attached hydrogens (tertiary/aromatic N) is 4. The SMILES string of the molecule is CS(=O)(=O)CCc1cc(F)cc(-c2cccc3[nH]c(-c4n[nH]c5cnc(-c6cncc(N)c6)c(F)c45)nc23)c1. The number of nitrogens with two attached hydrogens (primary N) is 1. The van der Waals surface area contributed by atoms with E-state index in [4.69, 9.17) is 10.7 Å². The number of anilines is 1. The molecule has 196 valence electrons. The largest absolute Gasteiger partial charge is 0.397 e. The Hall–Kier alpha value is -4.71. The van der Waals surface area contributed by atoms with E-state index < -0.39 is 21.5 Å². The molecule has 0 saturated carbocycles. The number of fused-ring (bicyclic) bond motifs is 2. The number of nitrogen functional groups attached to an aromatic ring is 1. The lowest BCUT2D eigenvalue weighted by atomic mass is 10.0. The van der Waals surface area contributed by atoms with Crippen molar-refractivity contribution in [2.45, 2.75) is 6.42 Å². The Balaban J connectivity index is 1.46. The Morgan fingerprint density at radius 2 is 1.82 bits per heavy atom. The van der Waals surface area contributed by atoms with E-state index in [2.05, 4.69) is 25.1 Å². The highest BCUT2D eigenvalue weighted by atomic mass is 32.2. The fourth-order valence-corrected chi connectivity index (χ4v) is 5.17. The lowest BCUT2D eigenvalue weighted by molar-refractivity contribution is 0.600. The van der Waals surface area contributed by atoms with Crippen molar-refractivity contribution in [3.05, 3.63) is 78.3 Å². The summed E-state index contributed by atoms with van der Waals surface area (Å²) in [6.45, 7) is 0. The molecule has 0 spiro atoms. The van der Waals surface area contributed by atoms with Crippen molar-refractivity contribution in [1.82, 2.24) is 30.1 Å². The number of halogens is 2. The topological polar surface area (TPSA) is 143 Å². The van der Waals surface area contributed by atoms with Crippen LogP contribution in [0.3, 0.4) is 0 Å². The van der Waals surface area contributed by atoms with Crippen LogP contribution >= 0.6 is 0 Å². The minimum absolute atomic E-state index is 0.0723. The first-order chi connectivity index (χ1) is 18.7. The third kappa shape index (κ3) is 4.70. The Kier molecular flexibility index (Phi) is 5.83. The van der Waals surface area contributed by atoms with Gasteiger partial charge in [-0.2, -0.15) is 5.10 Å². The standard InChI is InChI=1S/C27H21F2N7O2S/c1-39(37,38)6-5-14-7-15(9-17(28)8-14)19-3-2-4-20-25(19)34-27(33-20)26-22-21(35-36-26)13-32-24(23(22)29)16-10-18(30)12-31-11-16/h2-4,7-13H,5-6,30H2,1H3,(H,33,34)(H,35,36). The van der Waals surface area contributed by atoms with Crippen LogP contribution in [0.25, 0.3) is 55.8 Å². The average molecular weight is 546 g/mol. The maximum absolute atomic E-state index is 15.8. The third-order valence-electron chi connectivity index (χ3n) is 6.34. The third-order valence-corrected chi connectivity index (χ3v) is 7.29. The lowest BCUT2D eigenvalue weighted by Crippen LogP contribution is -2.06. The minimum Gasteiger partial charge on any atom is -0.397 e. The number of para-hydroxylation sites is 1. The molecule has 0 atom stereocenters. The van der Waals surface area contributed by atoms with E-state index in [1.807, 2.05) is 0 Å². The van der Waals surface area contributed by atoms with Gasteiger partial charge in [0.15, 0.2) is 11.6 Å². The van der Waals surface area contributed by atoms with Crippen LogP contribution < -0.4 is 5.73 Å². The summed E-state index contributed by atoms with van der Waals surface area (Å²) in [5.41, 5.74) is 10.2. The molecule has 0 amide bonds. The van der Waals surface area contributed by atoms with Crippen molar-refractivity contribution in [1.29, 1.82) is 0 Å². The maximum atomic E-state index is 15.8. The van der Waals surface area contributed by atoms with Gasteiger partial charge in [0.25, 0.3) is 0 Å². The molecule has 4 aromatic heterocycles. The van der Waals surface area contributed by atoms with Crippen LogP contribution in [0.2, 0.25) is 0 Å². The second kappa shape index (κ2) is 9.24. The summed E-state index contributed by atoms with van der Waals surface area (Å²) >= 11 is 0. The van der Waals surface area contributed by atoms with Gasteiger partial charge in [0, 0.05) is 29.8 Å². The Labute approximate surface area is 221 Å². The molecule has 0 saturated heterocycles. The number of hydrogen-bond donors (Lipinski definition) is 3. The number of aromatic amines is 2. The average Bonchev–Trinajstić information content (AvgIpc) is 3.51. The fraction of sp³-hybridized carbons (Fsp3) is 0.111. The van der Waals surface area contributed by atoms with Gasteiger partial charge in [0.05, 0.1) is 39.6 Å². The molecule has 6 rings (SSSR count). The molecule has 6 aromatic rings. The zero-order chi connectivity index (χ0) is 27.3. The molecule has 9 nitrogen and oxygen atoms in total. The molecular formula is C27H21F2N7O2S. The van der Waals surface area contributed by atoms with Gasteiger partial charge in [0.2, 0.25) is 0 Å². The molecule has 0 fully saturated rings. The van der Waals surface area contributed by atoms with E-state index in [0.717, 1.165) is 6.26 Å². The van der Waals surface area contributed by atoms with E-state index >= 15 is 4.39 Å². The first kappa shape index (κ1) is 24.6. The molecule has 0 radical (unpaired) electrons. The van der Waals surface area contributed by atoms with Crippen LogP contribution in [0.4, 0.5) is 14.5 Å². The van der Waals surface area contributed by atoms with Gasteiger partial charge in [-0.3, -0.25) is 15.1 Å². The summed E-state index contributed by atoms with van der Waals surface area (Å²) in [5.74, 6) is -0.878. The Morgan fingerprint density at radius 3 is 2.62 bits per heavy atom. The zero-order valence-electron chi connectivity index (χ0n) is 20.5. The minimum atomic E-state index is -3.21. The van der Waals surface area contributed by atoms with Gasteiger partial charge in [-0.25, -0.2) is 22.2 Å². The maximum Gasteiger partial charge on any atom is 0.161 e. The molecule has 39 heavy (non-hydrogen) atoms. The molecule has 0 aliphatic rings. The van der Waals surface area contributed by atoms with E-state index in [1.165, 1.54) is 30.7 Å². The number of aryl methyl sites for hydroxylation is 1. The van der Waals surface area contributed by atoms with Crippen molar-refractivity contribution < 1.29 is 17.2 Å². The van der Waals surface area contributed by atoms with Crippen LogP contribution in [0.1, 0.15) is 5.56 Å². The van der Waals surface area contributed by atoms with Gasteiger partial charge in [0.1, 0.15) is 27.0 Å². The molecule has 4 heterocycles. The number of nitrogens with one attached hydrogen (secondary N) is 2. The monoisotopic (exact) mass is 545 g/mol. The molecule has 0 bridgehead atoms. The number of H-pyrrole nitrogens is 2. The molecule has 0 unspecified atom stereocenters. The van der Waals surface area contributed by atoms with Crippen LogP contribution in [0.15, 0.2) is 61.1 Å². The highest BCUT2D eigenvalue weighted by Crippen LogP contribution is 2.35. The van der Waals surface area contributed by atoms with Gasteiger partial charge in [-0.1, -0.05) is 18.2 Å². The van der Waals surface area contributed by atoms with E-state index in [-0.39, 0.29) is 28.9 Å². The quantitative estimate of drug-likeness (QED) is 0.276. The van der Waals surface area contributed by atoms with Gasteiger partial charge >= 0.3 is 0 Å². The number of rotatable bonds is 6. The summed E-state index contributed by atoms with van der Waals surface area (Å²) < 4.78 is 53.6. The summed E-state index contributed by atoms with van der Waals surface area (Å²) in [7, 11) is -3.21. The fourth-order valence-electron chi connectivity index (χ4n) is 4.57. The van der Waals surface area contributed by atoms with Crippen LogP contribution in [-0.2, 0) is 16.3 Å². The normalized spacial score (nSPS) is 12.0. The van der Waals surface area contributed by atoms with Gasteiger partial charge in [-0.15, -0.1) is 0 Å². The first-order valence-electron chi connectivity index (χ1n) is 11.9. The number of imidazole rings is 1. The Morgan fingerprint density at radius 1 is 0.974 bits per heavy atom. The lowest BCUT2D eigenvalue weighted by Gasteiger charge is -2.07. The molecule has 4 N–H and O–H groups in total. The van der Waals surface area contributed by atoms with Crippen molar-refractivity contribution in [3.63, 3.8) is 0 Å². The number of aromatic nitrogens is 6. The number of benzene rings is 2. The van der Waals surface area contributed by atoms with Crippen molar-refractivity contribution in [3.8, 4) is 33.9 Å². The highest BCUT2D eigenvalue weighted by molar-refractivity contribution is 7.90. The molecule has 0 aliphatic carbocycles. The summed E-state index contributed by atoms with van der Waals surface area (Å²) in [6.07, 6.45) is 5.74.